The van der Waals surface area contributed by atoms with Crippen LogP contribution >= 0.6 is 0 Å². The van der Waals surface area contributed by atoms with E-state index >= 15 is 0 Å². The first kappa shape index (κ1) is 29.6. The highest BCUT2D eigenvalue weighted by atomic mass is 16.5. The molecule has 10 nitrogen and oxygen atoms in total. The summed E-state index contributed by atoms with van der Waals surface area (Å²) in [5, 5.41) is 24.6. The Hall–Kier alpha value is -5.50. The Labute approximate surface area is 260 Å². The number of nitrogens with zero attached hydrogens (tertiary/aromatic N) is 6. The molecule has 0 saturated carbocycles. The van der Waals surface area contributed by atoms with Crippen molar-refractivity contribution in [1.82, 2.24) is 25.0 Å². The number of hydrogen-bond donors (Lipinski definition) is 2. The smallest absolute Gasteiger partial charge is 0.227 e. The van der Waals surface area contributed by atoms with Gasteiger partial charge in [-0.2, -0.15) is 10.3 Å². The van der Waals surface area contributed by atoms with Gasteiger partial charge in [0.2, 0.25) is 5.89 Å². The summed E-state index contributed by atoms with van der Waals surface area (Å²) in [6.45, 7) is 10.1. The van der Waals surface area contributed by atoms with Gasteiger partial charge in [0.25, 0.3) is 0 Å². The molecule has 0 bridgehead atoms. The maximum atomic E-state index is 11.4. The van der Waals surface area contributed by atoms with Crippen LogP contribution in [0.25, 0.3) is 44.7 Å². The Morgan fingerprint density at radius 3 is 2.44 bits per heavy atom. The van der Waals surface area contributed by atoms with Crippen LogP contribution in [0, 0.1) is 32.1 Å². The monoisotopic (exact) mass is 597 g/mol. The second-order valence-electron chi connectivity index (χ2n) is 11.3. The van der Waals surface area contributed by atoms with Gasteiger partial charge in [-0.05, 0) is 92.8 Å². The molecule has 10 heteroatoms. The van der Waals surface area contributed by atoms with E-state index < -0.39 is 0 Å². The van der Waals surface area contributed by atoms with Gasteiger partial charge in [-0.25, -0.2) is 15.0 Å². The molecule has 3 heterocycles. The molecule has 3 aromatic heterocycles. The van der Waals surface area contributed by atoms with E-state index in [-0.39, 0.29) is 11.6 Å². The van der Waals surface area contributed by atoms with E-state index in [1.54, 1.807) is 12.3 Å². The Kier molecular flexibility index (Phi) is 7.81. The number of rotatable bonds is 8. The average Bonchev–Trinajstić information content (AvgIpc) is 3.45. The van der Waals surface area contributed by atoms with Gasteiger partial charge >= 0.3 is 0 Å². The van der Waals surface area contributed by atoms with Crippen molar-refractivity contribution in [3.8, 4) is 28.7 Å². The predicted molar refractivity (Wildman–Crippen MR) is 172 cm³/mol. The third-order valence-electron chi connectivity index (χ3n) is 7.86. The van der Waals surface area contributed by atoms with Crippen LogP contribution < -0.4 is 5.32 Å². The summed E-state index contributed by atoms with van der Waals surface area (Å²) in [7, 11) is 0. The van der Waals surface area contributed by atoms with Crippen molar-refractivity contribution in [2.45, 2.75) is 47.2 Å². The van der Waals surface area contributed by atoms with E-state index in [4.69, 9.17) is 4.42 Å². The summed E-state index contributed by atoms with van der Waals surface area (Å²) in [5.74, 6) is 1.57. The fourth-order valence-corrected chi connectivity index (χ4v) is 5.39. The third kappa shape index (κ3) is 5.62. The zero-order valence-electron chi connectivity index (χ0n) is 25.6. The highest BCUT2D eigenvalue weighted by molar-refractivity contribution is 5.91. The van der Waals surface area contributed by atoms with Crippen LogP contribution in [0.15, 0.2) is 65.2 Å². The van der Waals surface area contributed by atoms with Crippen LogP contribution in [-0.4, -0.2) is 42.5 Å². The number of aryl methyl sites for hydroxylation is 1. The van der Waals surface area contributed by atoms with Gasteiger partial charge in [-0.1, -0.05) is 24.3 Å². The molecule has 0 unspecified atom stereocenters. The number of aldehydes is 1. The minimum absolute atomic E-state index is 0.0207. The van der Waals surface area contributed by atoms with Crippen molar-refractivity contribution in [3.63, 3.8) is 0 Å². The number of nitriles is 1. The molecule has 0 fully saturated rings. The summed E-state index contributed by atoms with van der Waals surface area (Å²) in [5.41, 5.74) is 9.24. The summed E-state index contributed by atoms with van der Waals surface area (Å²) >= 11 is 0. The minimum atomic E-state index is -0.0207. The zero-order chi connectivity index (χ0) is 31.8. The van der Waals surface area contributed by atoms with Gasteiger partial charge in [-0.15, -0.1) is 0 Å². The highest BCUT2D eigenvalue weighted by Gasteiger charge is 2.19. The molecule has 0 aliphatic carbocycles. The number of benzene rings is 3. The molecular formula is C35H31N7O3. The lowest BCUT2D eigenvalue weighted by Crippen LogP contribution is -2.26. The summed E-state index contributed by atoms with van der Waals surface area (Å²) in [6, 6.07) is 19.1. The Morgan fingerprint density at radius 2 is 1.71 bits per heavy atom. The largest absolute Gasteiger partial charge is 0.435 e. The van der Waals surface area contributed by atoms with Gasteiger partial charge in [0.05, 0.1) is 17.6 Å². The molecule has 2 N–H and O–H groups in total. The summed E-state index contributed by atoms with van der Waals surface area (Å²) in [6.07, 6.45) is 2.43. The van der Waals surface area contributed by atoms with Gasteiger partial charge in [0.1, 0.15) is 29.2 Å². The molecule has 6 rings (SSSR count). The normalized spacial score (nSPS) is 11.4. The maximum Gasteiger partial charge on any atom is 0.227 e. The summed E-state index contributed by atoms with van der Waals surface area (Å²) in [4.78, 5) is 29.9. The van der Waals surface area contributed by atoms with Crippen molar-refractivity contribution in [2.75, 3.05) is 5.32 Å². The number of fused-ring (bicyclic) bond motifs is 2. The molecule has 3 aromatic carbocycles. The number of aromatic nitrogens is 4. The van der Waals surface area contributed by atoms with Crippen molar-refractivity contribution in [3.05, 3.63) is 94.4 Å². The van der Waals surface area contributed by atoms with Crippen LogP contribution in [-0.2, 0) is 6.54 Å². The minimum Gasteiger partial charge on any atom is -0.435 e. The lowest BCUT2D eigenvalue weighted by Gasteiger charge is -2.19. The fraction of sp³-hybridized carbons (Fsp3) is 0.200. The second-order valence-corrected chi connectivity index (χ2v) is 11.3. The molecule has 45 heavy (non-hydrogen) atoms. The van der Waals surface area contributed by atoms with Crippen LogP contribution in [0.1, 0.15) is 52.3 Å². The Balaban J connectivity index is 1.37. The third-order valence-corrected chi connectivity index (χ3v) is 7.86. The number of hydrogen-bond acceptors (Lipinski definition) is 10. The molecule has 0 amide bonds. The number of carbonyl (C=O) groups excluding carboxylic acids is 1. The Morgan fingerprint density at radius 1 is 0.978 bits per heavy atom. The molecule has 0 aliphatic rings. The average molecular weight is 598 g/mol. The topological polar surface area (TPSA) is 141 Å². The van der Waals surface area contributed by atoms with Crippen LogP contribution in [0.5, 0.6) is 0 Å². The molecular weight excluding hydrogens is 566 g/mol. The predicted octanol–water partition coefficient (Wildman–Crippen LogP) is 7.45. The number of anilines is 2. The van der Waals surface area contributed by atoms with Crippen molar-refractivity contribution >= 4 is 39.9 Å². The molecule has 0 saturated heterocycles. The Bertz CT molecular complexity index is 2150. The zero-order valence-corrected chi connectivity index (χ0v) is 25.6. The van der Waals surface area contributed by atoms with Crippen molar-refractivity contribution in [1.29, 1.82) is 5.26 Å². The quantitative estimate of drug-likeness (QED) is 0.134. The fourth-order valence-electron chi connectivity index (χ4n) is 5.39. The van der Waals surface area contributed by atoms with E-state index in [2.05, 4.69) is 37.4 Å². The lowest BCUT2D eigenvalue weighted by atomic mass is 9.93. The van der Waals surface area contributed by atoms with Crippen LogP contribution in [0.3, 0.4) is 0 Å². The number of pyridine rings is 1. The molecule has 6 aromatic rings. The molecule has 224 valence electrons. The number of nitrogens with one attached hydrogen (secondary N) is 1. The molecule has 0 radical (unpaired) electrons. The first-order valence-corrected chi connectivity index (χ1v) is 14.5. The standard InChI is InChI=1S/C35H31N7O3/c1-19(2)42(44)17-24-14-30-32(37-16-24)34(39-22(5)38-30)40-29-11-7-9-27(21(29)4)26-8-6-10-28(20(26)3)35-41-31-13-23(18-43)12-25(15-36)33(31)45-35/h6-14,16,18-19,44H,17H2,1-5H3,(H,38,39,40). The van der Waals surface area contributed by atoms with Crippen molar-refractivity contribution < 1.29 is 14.4 Å². The first-order valence-electron chi connectivity index (χ1n) is 14.5. The molecule has 0 spiro atoms. The highest BCUT2D eigenvalue weighted by Crippen LogP contribution is 2.37. The van der Waals surface area contributed by atoms with Gasteiger partial charge < -0.3 is 14.9 Å². The number of carbonyl (C=O) groups is 1. The second kappa shape index (κ2) is 11.9. The number of oxazole rings is 1. The van der Waals surface area contributed by atoms with Gasteiger partial charge in [-0.3, -0.25) is 9.78 Å². The first-order chi connectivity index (χ1) is 21.7. The molecule has 0 atom stereocenters. The molecule has 0 aliphatic heterocycles. The van der Waals surface area contributed by atoms with Crippen molar-refractivity contribution in [2.24, 2.45) is 0 Å². The van der Waals surface area contributed by atoms with Crippen LogP contribution in [0.2, 0.25) is 0 Å². The summed E-state index contributed by atoms with van der Waals surface area (Å²) < 4.78 is 6.07. The van der Waals surface area contributed by atoms with Gasteiger partial charge in [0.15, 0.2) is 11.4 Å². The van der Waals surface area contributed by atoms with E-state index in [1.165, 1.54) is 11.1 Å². The van der Waals surface area contributed by atoms with Gasteiger partial charge in [0, 0.05) is 29.1 Å². The van der Waals surface area contributed by atoms with Crippen LogP contribution in [0.4, 0.5) is 11.5 Å². The van der Waals surface area contributed by atoms with E-state index in [0.717, 1.165) is 39.1 Å². The van der Waals surface area contributed by atoms with E-state index in [9.17, 15) is 15.3 Å². The maximum absolute atomic E-state index is 11.4. The SMILES string of the molecule is Cc1nc(Nc2cccc(-c3cccc(-c4nc5cc(C=O)cc(C#N)c5o4)c3C)c2C)c2ncc(CN(O)C(C)C)cc2n1. The van der Waals surface area contributed by atoms with E-state index in [0.29, 0.717) is 58.1 Å². The van der Waals surface area contributed by atoms with E-state index in [1.807, 2.05) is 71.0 Å². The number of hydroxylamine groups is 2. The lowest BCUT2D eigenvalue weighted by molar-refractivity contribution is -0.125.